The first-order chi connectivity index (χ1) is 19.8. The number of aliphatic imine (C=N–C) groups is 1. The van der Waals surface area contributed by atoms with Gasteiger partial charge in [-0.1, -0.05) is 71.7 Å². The highest BCUT2D eigenvalue weighted by Crippen LogP contribution is 2.35. The minimum absolute atomic E-state index is 0.0118. The van der Waals surface area contributed by atoms with Crippen LogP contribution >= 0.6 is 0 Å². The first kappa shape index (κ1) is 33.0. The van der Waals surface area contributed by atoms with Crippen LogP contribution in [0.3, 0.4) is 0 Å². The molecular weight excluding hydrogens is 532 g/mol. The normalized spacial score (nSPS) is 16.5. The van der Waals surface area contributed by atoms with E-state index in [1.807, 2.05) is 0 Å². The molecular formula is C34H48N2O6. The summed E-state index contributed by atoms with van der Waals surface area (Å²) >= 11 is 0. The Labute approximate surface area is 251 Å². The Kier molecular flexibility index (Phi) is 11.0. The van der Waals surface area contributed by atoms with Gasteiger partial charge in [0, 0.05) is 32.5 Å². The number of ether oxygens (including phenoxy) is 4. The number of carbonyl (C=O) groups excluding carboxylic acids is 2. The fourth-order valence-electron chi connectivity index (χ4n) is 5.21. The summed E-state index contributed by atoms with van der Waals surface area (Å²) in [5.41, 5.74) is 2.95. The molecule has 1 atom stereocenters. The number of hydrogen-bond donors (Lipinski definition) is 0. The average Bonchev–Trinajstić information content (AvgIpc) is 2.91. The van der Waals surface area contributed by atoms with Crippen molar-refractivity contribution in [1.82, 2.24) is 4.90 Å². The van der Waals surface area contributed by atoms with Crippen LogP contribution in [0.2, 0.25) is 0 Å². The van der Waals surface area contributed by atoms with E-state index < -0.39 is 23.6 Å². The summed E-state index contributed by atoms with van der Waals surface area (Å²) in [4.78, 5) is 34.0. The molecule has 3 rings (SSSR count). The molecule has 1 unspecified atom stereocenters. The van der Waals surface area contributed by atoms with E-state index >= 15 is 0 Å². The number of benzene rings is 2. The fraction of sp³-hybridized carbons (Fsp3) is 0.559. The Bertz CT molecular complexity index is 1230. The van der Waals surface area contributed by atoms with Crippen LogP contribution in [0.25, 0.3) is 0 Å². The van der Waals surface area contributed by atoms with E-state index in [1.54, 1.807) is 46.3 Å². The van der Waals surface area contributed by atoms with Gasteiger partial charge in [0.25, 0.3) is 5.79 Å². The zero-order valence-corrected chi connectivity index (χ0v) is 26.8. The van der Waals surface area contributed by atoms with Crippen molar-refractivity contribution in [3.63, 3.8) is 0 Å². The summed E-state index contributed by atoms with van der Waals surface area (Å²) in [6, 6.07) is 13.8. The number of cyclic esters (lactones) is 2. The molecule has 0 bridgehead atoms. The van der Waals surface area contributed by atoms with E-state index in [9.17, 15) is 9.59 Å². The Morgan fingerprint density at radius 2 is 1.60 bits per heavy atom. The highest BCUT2D eigenvalue weighted by atomic mass is 16.7. The quantitative estimate of drug-likeness (QED) is 0.113. The molecule has 42 heavy (non-hydrogen) atoms. The molecule has 2 aromatic carbocycles. The monoisotopic (exact) mass is 580 g/mol. The molecule has 1 aliphatic heterocycles. The molecule has 1 saturated heterocycles. The summed E-state index contributed by atoms with van der Waals surface area (Å²) in [6.45, 7) is 14.5. The second kappa shape index (κ2) is 14.1. The average molecular weight is 581 g/mol. The third-order valence-corrected chi connectivity index (χ3v) is 7.25. The van der Waals surface area contributed by atoms with E-state index in [4.69, 9.17) is 23.9 Å². The number of amidine groups is 1. The van der Waals surface area contributed by atoms with Crippen molar-refractivity contribution < 1.29 is 28.5 Å². The molecule has 0 aromatic heterocycles. The summed E-state index contributed by atoms with van der Waals surface area (Å²) in [5.74, 6) is -2.72. The number of methoxy groups -OCH3 is 2. The third-order valence-electron chi connectivity index (χ3n) is 7.25. The largest absolute Gasteiger partial charge is 0.497 e. The molecule has 0 aliphatic carbocycles. The summed E-state index contributed by atoms with van der Waals surface area (Å²) < 4.78 is 22.2. The minimum Gasteiger partial charge on any atom is -0.497 e. The van der Waals surface area contributed by atoms with E-state index in [-0.39, 0.29) is 17.3 Å². The SMILES string of the molecule is CCCCC(CC)N(Cc1ccc(CC(C)(C)C)cc1)C(=Nc1ccc(OC)cc1OC)C1C(=O)OC(C)(C)OC1=O. The highest BCUT2D eigenvalue weighted by Gasteiger charge is 2.48. The van der Waals surface area contributed by atoms with Crippen LogP contribution < -0.4 is 9.47 Å². The van der Waals surface area contributed by atoms with Gasteiger partial charge in [0.1, 0.15) is 23.0 Å². The number of nitrogens with zero attached hydrogens (tertiary/aromatic N) is 2. The molecule has 1 heterocycles. The lowest BCUT2D eigenvalue weighted by Gasteiger charge is -2.39. The van der Waals surface area contributed by atoms with Crippen molar-refractivity contribution in [1.29, 1.82) is 0 Å². The van der Waals surface area contributed by atoms with Gasteiger partial charge in [0.05, 0.1) is 14.2 Å². The molecule has 0 radical (unpaired) electrons. The first-order valence-electron chi connectivity index (χ1n) is 14.9. The summed E-state index contributed by atoms with van der Waals surface area (Å²) in [5, 5.41) is 0. The maximum Gasteiger partial charge on any atom is 0.331 e. The molecule has 230 valence electrons. The van der Waals surface area contributed by atoms with Crippen LogP contribution in [0.5, 0.6) is 11.5 Å². The number of hydrogen-bond acceptors (Lipinski definition) is 7. The van der Waals surface area contributed by atoms with Crippen LogP contribution in [0, 0.1) is 11.3 Å². The van der Waals surface area contributed by atoms with Gasteiger partial charge in [-0.15, -0.1) is 0 Å². The van der Waals surface area contributed by atoms with Gasteiger partial charge in [-0.3, -0.25) is 9.59 Å². The molecule has 1 fully saturated rings. The number of esters is 2. The molecule has 0 saturated carbocycles. The van der Waals surface area contributed by atoms with E-state index in [0.717, 1.165) is 37.7 Å². The number of unbranched alkanes of at least 4 members (excludes halogenated alkanes) is 1. The van der Waals surface area contributed by atoms with Gasteiger partial charge < -0.3 is 23.8 Å². The standard InChI is InChI=1S/C34H48N2O6/c1-10-12-13-25(11-2)36(22-24-16-14-23(15-17-24)21-33(3,4)5)30(29-31(37)41-34(6,7)42-32(29)38)35-27-19-18-26(39-8)20-28(27)40-9/h14-20,25,29H,10-13,21-22H2,1-9H3. The second-order valence-corrected chi connectivity index (χ2v) is 12.6. The predicted octanol–water partition coefficient (Wildman–Crippen LogP) is 7.25. The Balaban J connectivity index is 2.18. The van der Waals surface area contributed by atoms with Crippen LogP contribution in [0.15, 0.2) is 47.5 Å². The Morgan fingerprint density at radius 3 is 2.12 bits per heavy atom. The Hall–Kier alpha value is -3.55. The van der Waals surface area contributed by atoms with E-state index in [0.29, 0.717) is 23.7 Å². The maximum absolute atomic E-state index is 13.5. The van der Waals surface area contributed by atoms with Crippen molar-refractivity contribution in [2.75, 3.05) is 14.2 Å². The topological polar surface area (TPSA) is 86.7 Å². The van der Waals surface area contributed by atoms with Crippen molar-refractivity contribution in [3.05, 3.63) is 53.6 Å². The minimum atomic E-state index is -1.35. The number of carbonyl (C=O) groups is 2. The zero-order valence-electron chi connectivity index (χ0n) is 26.8. The van der Waals surface area contributed by atoms with Gasteiger partial charge in [-0.2, -0.15) is 0 Å². The molecule has 2 aromatic rings. The molecule has 8 heteroatoms. The van der Waals surface area contributed by atoms with Crippen molar-refractivity contribution in [3.8, 4) is 11.5 Å². The Morgan fingerprint density at radius 1 is 0.976 bits per heavy atom. The molecule has 1 aliphatic rings. The summed E-state index contributed by atoms with van der Waals surface area (Å²) in [6.07, 6.45) is 4.64. The number of rotatable bonds is 12. The van der Waals surface area contributed by atoms with Crippen LogP contribution in [0.1, 0.15) is 85.3 Å². The van der Waals surface area contributed by atoms with Gasteiger partial charge in [0.2, 0.25) is 5.92 Å². The first-order valence-corrected chi connectivity index (χ1v) is 14.9. The summed E-state index contributed by atoms with van der Waals surface area (Å²) in [7, 11) is 3.12. The highest BCUT2D eigenvalue weighted by molar-refractivity contribution is 6.17. The second-order valence-electron chi connectivity index (χ2n) is 12.6. The van der Waals surface area contributed by atoms with E-state index in [1.165, 1.54) is 5.56 Å². The van der Waals surface area contributed by atoms with Gasteiger partial charge >= 0.3 is 11.9 Å². The molecule has 0 N–H and O–H groups in total. The lowest BCUT2D eigenvalue weighted by molar-refractivity contribution is -0.236. The van der Waals surface area contributed by atoms with Crippen LogP contribution in [-0.2, 0) is 32.0 Å². The fourth-order valence-corrected chi connectivity index (χ4v) is 5.21. The van der Waals surface area contributed by atoms with Gasteiger partial charge in [-0.25, -0.2) is 4.99 Å². The van der Waals surface area contributed by atoms with Gasteiger partial charge in [-0.05, 0) is 47.9 Å². The van der Waals surface area contributed by atoms with Crippen molar-refractivity contribution in [2.45, 2.75) is 98.9 Å². The van der Waals surface area contributed by atoms with Crippen LogP contribution in [-0.4, -0.2) is 48.7 Å². The molecule has 0 amide bonds. The van der Waals surface area contributed by atoms with Crippen molar-refractivity contribution in [2.24, 2.45) is 16.3 Å². The maximum atomic E-state index is 13.5. The van der Waals surface area contributed by atoms with Crippen molar-refractivity contribution >= 4 is 23.5 Å². The predicted molar refractivity (Wildman–Crippen MR) is 165 cm³/mol. The zero-order chi connectivity index (χ0) is 31.1. The lowest BCUT2D eigenvalue weighted by Crippen LogP contribution is -2.54. The molecule has 0 spiro atoms. The smallest absolute Gasteiger partial charge is 0.331 e. The molecule has 8 nitrogen and oxygen atoms in total. The lowest BCUT2D eigenvalue weighted by atomic mass is 9.88. The van der Waals surface area contributed by atoms with E-state index in [2.05, 4.69) is 63.8 Å². The van der Waals surface area contributed by atoms with Crippen LogP contribution in [0.4, 0.5) is 5.69 Å². The van der Waals surface area contributed by atoms with Gasteiger partial charge in [0.15, 0.2) is 0 Å². The third kappa shape index (κ3) is 8.73.